The minimum absolute atomic E-state index is 0.489. The Morgan fingerprint density at radius 2 is 2.30 bits per heavy atom. The minimum Gasteiger partial charge on any atom is -0.336 e. The van der Waals surface area contributed by atoms with Gasteiger partial charge < -0.3 is 10.6 Å². The Hall–Kier alpha value is -1.62. The minimum atomic E-state index is 0.489. The number of hydrogen-bond acceptors (Lipinski definition) is 4. The molecule has 1 aliphatic carbocycles. The standard InChI is InChI=1S/C15H23N5/c1-3-19(13-8-4-7-12(13)10-16)15-17-14-11(2)6-5-9-20(14)18-15/h5-6,9,12-13H,3-4,7-8,10,16H2,1-2H3. The number of hydrogen-bond donors (Lipinski definition) is 1. The van der Waals surface area contributed by atoms with Gasteiger partial charge in [-0.1, -0.05) is 12.5 Å². The zero-order valence-electron chi connectivity index (χ0n) is 12.3. The Kier molecular flexibility index (Phi) is 3.61. The molecule has 2 heterocycles. The Bertz CT molecular complexity index is 591. The van der Waals surface area contributed by atoms with Crippen LogP contribution in [0.25, 0.3) is 5.65 Å². The third-order valence-corrected chi connectivity index (χ3v) is 4.47. The molecule has 2 aromatic rings. The molecule has 108 valence electrons. The summed E-state index contributed by atoms with van der Waals surface area (Å²) in [5.41, 5.74) is 8.03. The molecule has 0 saturated heterocycles. The van der Waals surface area contributed by atoms with E-state index in [1.165, 1.54) is 19.3 Å². The molecule has 5 nitrogen and oxygen atoms in total. The van der Waals surface area contributed by atoms with E-state index in [-0.39, 0.29) is 0 Å². The van der Waals surface area contributed by atoms with Crippen molar-refractivity contribution in [2.24, 2.45) is 11.7 Å². The molecular formula is C15H23N5. The predicted octanol–water partition coefficient (Wildman–Crippen LogP) is 1.99. The van der Waals surface area contributed by atoms with E-state index in [1.807, 2.05) is 16.8 Å². The quantitative estimate of drug-likeness (QED) is 0.925. The normalized spacial score (nSPS) is 22.6. The van der Waals surface area contributed by atoms with Crippen LogP contribution >= 0.6 is 0 Å². The number of rotatable bonds is 4. The van der Waals surface area contributed by atoms with Gasteiger partial charge in [0.2, 0.25) is 5.95 Å². The zero-order chi connectivity index (χ0) is 14.1. The lowest BCUT2D eigenvalue weighted by atomic mass is 10.0. The van der Waals surface area contributed by atoms with Crippen LogP contribution in [0.3, 0.4) is 0 Å². The topological polar surface area (TPSA) is 59.5 Å². The number of nitrogens with zero attached hydrogens (tertiary/aromatic N) is 4. The summed E-state index contributed by atoms with van der Waals surface area (Å²) in [6.07, 6.45) is 5.64. The van der Waals surface area contributed by atoms with E-state index in [0.717, 1.165) is 30.2 Å². The molecule has 0 amide bonds. The van der Waals surface area contributed by atoms with Gasteiger partial charge in [-0.3, -0.25) is 0 Å². The number of aryl methyl sites for hydroxylation is 1. The number of anilines is 1. The predicted molar refractivity (Wildman–Crippen MR) is 80.9 cm³/mol. The first kappa shape index (κ1) is 13.4. The van der Waals surface area contributed by atoms with Crippen LogP contribution in [0.1, 0.15) is 31.7 Å². The summed E-state index contributed by atoms with van der Waals surface area (Å²) in [6.45, 7) is 5.93. The van der Waals surface area contributed by atoms with Gasteiger partial charge >= 0.3 is 0 Å². The van der Waals surface area contributed by atoms with Gasteiger partial charge in [-0.25, -0.2) is 4.52 Å². The first-order valence-electron chi connectivity index (χ1n) is 7.53. The smallest absolute Gasteiger partial charge is 0.245 e. The molecule has 0 radical (unpaired) electrons. The summed E-state index contributed by atoms with van der Waals surface area (Å²) in [6, 6.07) is 4.57. The van der Waals surface area contributed by atoms with E-state index >= 15 is 0 Å². The molecule has 0 aliphatic heterocycles. The fourth-order valence-electron chi connectivity index (χ4n) is 3.38. The molecular weight excluding hydrogens is 250 g/mol. The second-order valence-corrected chi connectivity index (χ2v) is 5.65. The van der Waals surface area contributed by atoms with E-state index in [1.54, 1.807) is 0 Å². The van der Waals surface area contributed by atoms with Crippen molar-refractivity contribution in [1.82, 2.24) is 14.6 Å². The summed E-state index contributed by atoms with van der Waals surface area (Å²) in [5.74, 6) is 1.41. The van der Waals surface area contributed by atoms with Crippen molar-refractivity contribution in [3.63, 3.8) is 0 Å². The molecule has 1 aliphatic rings. The highest BCUT2D eigenvalue weighted by molar-refractivity contribution is 5.51. The van der Waals surface area contributed by atoms with Crippen LogP contribution in [0.15, 0.2) is 18.3 Å². The van der Waals surface area contributed by atoms with Gasteiger partial charge in [-0.2, -0.15) is 4.98 Å². The number of pyridine rings is 1. The van der Waals surface area contributed by atoms with Crippen molar-refractivity contribution in [2.45, 2.75) is 39.2 Å². The van der Waals surface area contributed by atoms with Crippen molar-refractivity contribution in [3.8, 4) is 0 Å². The fraction of sp³-hybridized carbons (Fsp3) is 0.600. The third-order valence-electron chi connectivity index (χ3n) is 4.47. The number of nitrogens with two attached hydrogens (primary N) is 1. The van der Waals surface area contributed by atoms with E-state index in [2.05, 4.69) is 29.9 Å². The summed E-state index contributed by atoms with van der Waals surface area (Å²) in [5, 5.41) is 4.65. The molecule has 0 spiro atoms. The highest BCUT2D eigenvalue weighted by Gasteiger charge is 2.32. The molecule has 2 atom stereocenters. The van der Waals surface area contributed by atoms with Gasteiger partial charge in [0.25, 0.3) is 0 Å². The van der Waals surface area contributed by atoms with Crippen molar-refractivity contribution in [2.75, 3.05) is 18.0 Å². The van der Waals surface area contributed by atoms with Gasteiger partial charge in [-0.15, -0.1) is 5.10 Å². The maximum absolute atomic E-state index is 5.92. The van der Waals surface area contributed by atoms with Crippen molar-refractivity contribution in [3.05, 3.63) is 23.9 Å². The zero-order valence-corrected chi connectivity index (χ0v) is 12.3. The number of aromatic nitrogens is 3. The van der Waals surface area contributed by atoms with Gasteiger partial charge in [-0.05, 0) is 50.8 Å². The van der Waals surface area contributed by atoms with E-state index in [4.69, 9.17) is 10.7 Å². The Morgan fingerprint density at radius 3 is 3.00 bits per heavy atom. The lowest BCUT2D eigenvalue weighted by Gasteiger charge is -2.30. The average molecular weight is 273 g/mol. The summed E-state index contributed by atoms with van der Waals surface area (Å²) >= 11 is 0. The highest BCUT2D eigenvalue weighted by atomic mass is 15.4. The van der Waals surface area contributed by atoms with Crippen LogP contribution in [0.5, 0.6) is 0 Å². The molecule has 20 heavy (non-hydrogen) atoms. The van der Waals surface area contributed by atoms with E-state index < -0.39 is 0 Å². The van der Waals surface area contributed by atoms with E-state index in [0.29, 0.717) is 12.0 Å². The van der Waals surface area contributed by atoms with Crippen molar-refractivity contribution >= 4 is 11.6 Å². The van der Waals surface area contributed by atoms with Crippen LogP contribution in [0, 0.1) is 12.8 Å². The average Bonchev–Trinajstić information content (AvgIpc) is 3.07. The summed E-state index contributed by atoms with van der Waals surface area (Å²) in [4.78, 5) is 7.06. The molecule has 2 aromatic heterocycles. The molecule has 1 saturated carbocycles. The summed E-state index contributed by atoms with van der Waals surface area (Å²) in [7, 11) is 0. The SMILES string of the molecule is CCN(c1nc2c(C)cccn2n1)C1CCCC1CN. The monoisotopic (exact) mass is 273 g/mol. The Balaban J connectivity index is 1.97. The maximum atomic E-state index is 5.92. The van der Waals surface area contributed by atoms with Crippen LogP contribution < -0.4 is 10.6 Å². The fourth-order valence-corrected chi connectivity index (χ4v) is 3.38. The van der Waals surface area contributed by atoms with Gasteiger partial charge in [0, 0.05) is 18.8 Å². The molecule has 3 rings (SSSR count). The van der Waals surface area contributed by atoms with Gasteiger partial charge in [0.1, 0.15) is 0 Å². The Morgan fingerprint density at radius 1 is 1.45 bits per heavy atom. The first-order valence-corrected chi connectivity index (χ1v) is 7.53. The first-order chi connectivity index (χ1) is 9.74. The van der Waals surface area contributed by atoms with E-state index in [9.17, 15) is 0 Å². The molecule has 2 unspecified atom stereocenters. The molecule has 2 N–H and O–H groups in total. The van der Waals surface area contributed by atoms with Crippen LogP contribution in [0.2, 0.25) is 0 Å². The van der Waals surface area contributed by atoms with Gasteiger partial charge in [0.05, 0.1) is 0 Å². The van der Waals surface area contributed by atoms with Crippen LogP contribution in [-0.2, 0) is 0 Å². The second-order valence-electron chi connectivity index (χ2n) is 5.65. The lowest BCUT2D eigenvalue weighted by molar-refractivity contribution is 0.456. The Labute approximate surface area is 119 Å². The van der Waals surface area contributed by atoms with Crippen molar-refractivity contribution in [1.29, 1.82) is 0 Å². The molecule has 5 heteroatoms. The molecule has 1 fully saturated rings. The second kappa shape index (κ2) is 5.40. The largest absolute Gasteiger partial charge is 0.336 e. The lowest BCUT2D eigenvalue weighted by Crippen LogP contribution is -2.41. The van der Waals surface area contributed by atoms with Crippen LogP contribution in [-0.4, -0.2) is 33.7 Å². The third kappa shape index (κ3) is 2.16. The number of fused-ring (bicyclic) bond motifs is 1. The molecule has 0 bridgehead atoms. The van der Waals surface area contributed by atoms with Gasteiger partial charge in [0.15, 0.2) is 5.65 Å². The highest BCUT2D eigenvalue weighted by Crippen LogP contribution is 2.31. The van der Waals surface area contributed by atoms with Crippen LogP contribution in [0.4, 0.5) is 5.95 Å². The maximum Gasteiger partial charge on any atom is 0.245 e. The summed E-state index contributed by atoms with van der Waals surface area (Å²) < 4.78 is 1.87. The molecule has 0 aromatic carbocycles. The van der Waals surface area contributed by atoms with Crippen molar-refractivity contribution < 1.29 is 0 Å².